The predicted molar refractivity (Wildman–Crippen MR) is 134 cm³/mol. The Morgan fingerprint density at radius 2 is 1.56 bits per heavy atom. The minimum Gasteiger partial charge on any atom is -0.480 e. The molecule has 4 aliphatic carbocycles. The number of aliphatic hydroxyl groups excluding tert-OH is 4. The van der Waals surface area contributed by atoms with Crippen LogP contribution in [-0.4, -0.2) is 67.9 Å². The summed E-state index contributed by atoms with van der Waals surface area (Å²) in [6.07, 6.45) is 4.07. The molecule has 0 spiro atoms. The molecular weight excluding hydrogens is 462 g/mol. The van der Waals surface area contributed by atoms with Crippen molar-refractivity contribution >= 4 is 11.9 Å². The van der Waals surface area contributed by atoms with Crippen LogP contribution in [0.5, 0.6) is 0 Å². The average Bonchev–Trinajstić information content (AvgIpc) is 3.17. The smallest absolute Gasteiger partial charge is 0.328 e. The van der Waals surface area contributed by atoms with Crippen molar-refractivity contribution in [3.63, 3.8) is 0 Å². The van der Waals surface area contributed by atoms with Crippen LogP contribution in [0, 0.1) is 46.3 Å². The van der Waals surface area contributed by atoms with Gasteiger partial charge in [-0.15, -0.1) is 0 Å². The molecule has 0 aromatic heterocycles. The topological polar surface area (TPSA) is 147 Å². The van der Waals surface area contributed by atoms with Crippen LogP contribution in [-0.2, 0) is 9.59 Å². The highest BCUT2D eigenvalue weighted by Crippen LogP contribution is 2.68. The number of fused-ring (bicyclic) bond motifs is 5. The first-order valence-corrected chi connectivity index (χ1v) is 14.1. The van der Waals surface area contributed by atoms with E-state index in [0.29, 0.717) is 30.6 Å². The Balaban J connectivity index is 1.44. The van der Waals surface area contributed by atoms with Gasteiger partial charge in [0.15, 0.2) is 6.04 Å². The maximum absolute atomic E-state index is 12.4. The Morgan fingerprint density at radius 3 is 2.19 bits per heavy atom. The molecule has 13 atom stereocenters. The maximum atomic E-state index is 12.4. The third-order valence-corrected chi connectivity index (χ3v) is 11.4. The number of aliphatic hydroxyl groups is 4. The van der Waals surface area contributed by atoms with Crippen molar-refractivity contribution in [2.75, 3.05) is 0 Å². The van der Waals surface area contributed by atoms with E-state index in [1.165, 1.54) is 6.92 Å². The molecule has 4 rings (SSSR count). The lowest BCUT2D eigenvalue weighted by Crippen LogP contribution is -2.64. The van der Waals surface area contributed by atoms with Crippen molar-refractivity contribution in [3.8, 4) is 0 Å². The van der Waals surface area contributed by atoms with Gasteiger partial charge in [0.05, 0.1) is 24.4 Å². The fourth-order valence-corrected chi connectivity index (χ4v) is 9.41. The summed E-state index contributed by atoms with van der Waals surface area (Å²) in [6, 6.07) is -1.30. The Labute approximate surface area is 214 Å². The quantitative estimate of drug-likeness (QED) is 0.309. The molecule has 36 heavy (non-hydrogen) atoms. The number of carboxylic acids is 1. The number of carbonyl (C=O) groups is 2. The number of carboxylic acid groups (broad SMARTS) is 1. The van der Waals surface area contributed by atoms with E-state index < -0.39 is 36.4 Å². The van der Waals surface area contributed by atoms with Crippen molar-refractivity contribution in [2.45, 2.75) is 116 Å². The largest absolute Gasteiger partial charge is 0.480 e. The average molecular weight is 510 g/mol. The lowest BCUT2D eigenvalue weighted by molar-refractivity contribution is -0.223. The summed E-state index contributed by atoms with van der Waals surface area (Å²) in [4.78, 5) is 23.7. The molecule has 206 valence electrons. The van der Waals surface area contributed by atoms with Crippen LogP contribution in [0.2, 0.25) is 0 Å². The molecule has 4 saturated carbocycles. The van der Waals surface area contributed by atoms with Crippen molar-refractivity contribution in [1.29, 1.82) is 0 Å². The Morgan fingerprint density at radius 1 is 0.917 bits per heavy atom. The summed E-state index contributed by atoms with van der Waals surface area (Å²) in [6.45, 7) is 8.15. The molecule has 1 amide bonds. The molecule has 0 aromatic rings. The van der Waals surface area contributed by atoms with Crippen molar-refractivity contribution in [1.82, 2.24) is 5.32 Å². The van der Waals surface area contributed by atoms with E-state index in [0.717, 1.165) is 38.5 Å². The van der Waals surface area contributed by atoms with Crippen LogP contribution in [0.15, 0.2) is 0 Å². The zero-order chi connectivity index (χ0) is 26.6. The number of nitrogens with one attached hydrogen (secondary N) is 1. The first-order chi connectivity index (χ1) is 16.8. The van der Waals surface area contributed by atoms with Crippen LogP contribution in [0.25, 0.3) is 0 Å². The zero-order valence-corrected chi connectivity index (χ0v) is 22.3. The van der Waals surface area contributed by atoms with Gasteiger partial charge in [-0.3, -0.25) is 4.79 Å². The summed E-state index contributed by atoms with van der Waals surface area (Å²) in [5.74, 6) is -0.292. The molecular formula is C28H47NO7. The Hall–Kier alpha value is -1.22. The van der Waals surface area contributed by atoms with E-state index in [1.54, 1.807) is 0 Å². The highest BCUT2D eigenvalue weighted by Gasteiger charge is 2.65. The molecule has 0 heterocycles. The summed E-state index contributed by atoms with van der Waals surface area (Å²) in [5, 5.41) is 54.2. The zero-order valence-electron chi connectivity index (χ0n) is 22.3. The Kier molecular flexibility index (Phi) is 7.84. The van der Waals surface area contributed by atoms with Crippen molar-refractivity contribution in [3.05, 3.63) is 0 Å². The fraction of sp³-hybridized carbons (Fsp3) is 0.929. The van der Waals surface area contributed by atoms with Gasteiger partial charge in [0.25, 0.3) is 0 Å². The SMILES string of the molecule is C[C@H](CCC(=O)N[C@H](C(=O)O)[C@@H](C)O)[C@H]1CC[C@H]2[C@@H]3[C@H](O)[C@@H](O)[C@@H]4C[C@H](O)CC[C@]4(C)[C@H]3CC[C@]12C. The normalized spacial score (nSPS) is 46.6. The second-order valence-electron chi connectivity index (χ2n) is 13.2. The summed E-state index contributed by atoms with van der Waals surface area (Å²) in [5.41, 5.74) is -0.0332. The van der Waals surface area contributed by atoms with Crippen LogP contribution in [0.4, 0.5) is 0 Å². The first kappa shape index (κ1) is 27.8. The molecule has 0 saturated heterocycles. The summed E-state index contributed by atoms with van der Waals surface area (Å²) < 4.78 is 0. The van der Waals surface area contributed by atoms with Gasteiger partial charge < -0.3 is 30.8 Å². The van der Waals surface area contributed by atoms with Crippen LogP contribution in [0.3, 0.4) is 0 Å². The second kappa shape index (κ2) is 10.2. The maximum Gasteiger partial charge on any atom is 0.328 e. The molecule has 4 fully saturated rings. The predicted octanol–water partition coefficient (Wildman–Crippen LogP) is 2.31. The van der Waals surface area contributed by atoms with Crippen LogP contribution >= 0.6 is 0 Å². The molecule has 0 unspecified atom stereocenters. The standard InChI is InChI=1S/C28H47NO7/c1-14(5-8-21(32)29-23(15(2)30)26(35)36)17-6-7-18-22-19(10-12-27(17,18)3)28(4)11-9-16(31)13-20(28)24(33)25(22)34/h14-20,22-25,30-31,33-34H,5-13H2,1-4H3,(H,29,32)(H,35,36)/t14-,15-,16-,17-,18+,19+,20+,22+,23+,24+,25+,27-,28-/m1/s1. The molecule has 0 bridgehead atoms. The minimum absolute atomic E-state index is 0.0261. The van der Waals surface area contributed by atoms with E-state index in [4.69, 9.17) is 0 Å². The molecule has 4 aliphatic rings. The van der Waals surface area contributed by atoms with Crippen LogP contribution < -0.4 is 5.32 Å². The van der Waals surface area contributed by atoms with Gasteiger partial charge in [-0.1, -0.05) is 20.8 Å². The number of carbonyl (C=O) groups excluding carboxylic acids is 1. The third kappa shape index (κ3) is 4.61. The molecule has 0 radical (unpaired) electrons. The van der Waals surface area contributed by atoms with E-state index in [1.807, 2.05) is 0 Å². The van der Waals surface area contributed by atoms with Gasteiger partial charge in [0.2, 0.25) is 5.91 Å². The van der Waals surface area contributed by atoms with Crippen molar-refractivity contribution < 1.29 is 35.1 Å². The molecule has 6 N–H and O–H groups in total. The van der Waals surface area contributed by atoms with E-state index >= 15 is 0 Å². The number of rotatable bonds is 7. The fourth-order valence-electron chi connectivity index (χ4n) is 9.41. The van der Waals surface area contributed by atoms with Gasteiger partial charge in [-0.2, -0.15) is 0 Å². The van der Waals surface area contributed by atoms with Gasteiger partial charge in [0, 0.05) is 6.42 Å². The number of aliphatic carboxylic acids is 1. The summed E-state index contributed by atoms with van der Waals surface area (Å²) in [7, 11) is 0. The molecule has 8 nitrogen and oxygen atoms in total. The van der Waals surface area contributed by atoms with E-state index in [9.17, 15) is 35.1 Å². The van der Waals surface area contributed by atoms with E-state index in [2.05, 4.69) is 26.1 Å². The third-order valence-electron chi connectivity index (χ3n) is 11.4. The lowest BCUT2D eigenvalue weighted by atomic mass is 9.43. The lowest BCUT2D eigenvalue weighted by Gasteiger charge is -2.63. The van der Waals surface area contributed by atoms with Gasteiger partial charge in [-0.05, 0) is 105 Å². The first-order valence-electron chi connectivity index (χ1n) is 14.1. The highest BCUT2D eigenvalue weighted by molar-refractivity contribution is 5.83. The monoisotopic (exact) mass is 509 g/mol. The molecule has 8 heteroatoms. The van der Waals surface area contributed by atoms with Gasteiger partial charge in [-0.25, -0.2) is 4.79 Å². The Bertz CT molecular complexity index is 835. The second-order valence-corrected chi connectivity index (χ2v) is 13.2. The molecule has 0 aromatic carbocycles. The van der Waals surface area contributed by atoms with Gasteiger partial charge >= 0.3 is 5.97 Å². The number of hydrogen-bond donors (Lipinski definition) is 6. The van der Waals surface area contributed by atoms with Crippen molar-refractivity contribution in [2.24, 2.45) is 46.3 Å². The van der Waals surface area contributed by atoms with Crippen LogP contribution in [0.1, 0.15) is 85.5 Å². The summed E-state index contributed by atoms with van der Waals surface area (Å²) >= 11 is 0. The number of amides is 1. The minimum atomic E-state index is -1.30. The van der Waals surface area contributed by atoms with E-state index in [-0.39, 0.29) is 40.9 Å². The molecule has 0 aliphatic heterocycles. The number of hydrogen-bond acceptors (Lipinski definition) is 6. The highest BCUT2D eigenvalue weighted by atomic mass is 16.4. The van der Waals surface area contributed by atoms with Gasteiger partial charge in [0.1, 0.15) is 0 Å².